The molecule has 3 aliphatic rings. The van der Waals surface area contributed by atoms with Gasteiger partial charge >= 0.3 is 0 Å². The first-order valence-corrected chi connectivity index (χ1v) is 10.4. The van der Waals surface area contributed by atoms with Gasteiger partial charge in [0.05, 0.1) is 11.2 Å². The molecular formula is C23H23FN6O. The van der Waals surface area contributed by atoms with Crippen LogP contribution >= 0.6 is 0 Å². The van der Waals surface area contributed by atoms with Crippen LogP contribution in [0.5, 0.6) is 0 Å². The number of piperidine rings is 2. The zero-order valence-corrected chi connectivity index (χ0v) is 17.3. The summed E-state index contributed by atoms with van der Waals surface area (Å²) in [6, 6.07) is 9.41. The van der Waals surface area contributed by atoms with Crippen molar-refractivity contribution >= 4 is 34.3 Å². The third-order valence-corrected chi connectivity index (χ3v) is 6.19. The van der Waals surface area contributed by atoms with E-state index in [4.69, 9.17) is 4.98 Å². The molecule has 3 fully saturated rings. The predicted octanol–water partition coefficient (Wildman–Crippen LogP) is 3.58. The van der Waals surface area contributed by atoms with E-state index in [0.29, 0.717) is 34.6 Å². The number of hydrogen-bond donors (Lipinski definition) is 1. The van der Waals surface area contributed by atoms with Crippen molar-refractivity contribution < 1.29 is 9.18 Å². The smallest absolute Gasteiger partial charge is 0.246 e. The van der Waals surface area contributed by atoms with Gasteiger partial charge in [0.2, 0.25) is 5.91 Å². The van der Waals surface area contributed by atoms with Crippen LogP contribution in [-0.2, 0) is 4.79 Å². The third kappa shape index (κ3) is 3.37. The van der Waals surface area contributed by atoms with E-state index in [1.807, 2.05) is 17.0 Å². The number of pyridine rings is 1. The average molecular weight is 418 g/mol. The first kappa shape index (κ1) is 19.4. The SMILES string of the molecule is C=CC(=O)N1C[C@@H]2CC[C@H]1CN2c1ccc2ncnc(Nc3cccc(C)c3F)c2n1. The molecule has 0 aliphatic carbocycles. The molecule has 158 valence electrons. The van der Waals surface area contributed by atoms with Gasteiger partial charge in [-0.2, -0.15) is 0 Å². The molecule has 2 atom stereocenters. The van der Waals surface area contributed by atoms with Crippen LogP contribution in [0.25, 0.3) is 11.0 Å². The third-order valence-electron chi connectivity index (χ3n) is 6.19. The highest BCUT2D eigenvalue weighted by molar-refractivity contribution is 5.89. The number of benzene rings is 1. The number of rotatable bonds is 4. The summed E-state index contributed by atoms with van der Waals surface area (Å²) in [5.74, 6) is 0.948. The van der Waals surface area contributed by atoms with Gasteiger partial charge in [-0.05, 0) is 49.6 Å². The van der Waals surface area contributed by atoms with E-state index < -0.39 is 0 Å². The number of carbonyl (C=O) groups is 1. The van der Waals surface area contributed by atoms with Crippen LogP contribution < -0.4 is 10.2 Å². The molecule has 3 aliphatic heterocycles. The maximum atomic E-state index is 14.5. The van der Waals surface area contributed by atoms with Crippen molar-refractivity contribution in [3.8, 4) is 0 Å². The van der Waals surface area contributed by atoms with Crippen LogP contribution in [-0.4, -0.2) is 50.9 Å². The minimum Gasteiger partial charge on any atom is -0.350 e. The van der Waals surface area contributed by atoms with E-state index in [1.54, 1.807) is 25.1 Å². The Labute approximate surface area is 179 Å². The van der Waals surface area contributed by atoms with E-state index in [0.717, 1.165) is 25.2 Å². The van der Waals surface area contributed by atoms with Gasteiger partial charge in [-0.25, -0.2) is 19.3 Å². The lowest BCUT2D eigenvalue weighted by atomic mass is 9.90. The highest BCUT2D eigenvalue weighted by Gasteiger charge is 2.40. The van der Waals surface area contributed by atoms with Crippen molar-refractivity contribution in [3.05, 3.63) is 60.7 Å². The molecule has 0 radical (unpaired) electrons. The number of aryl methyl sites for hydroxylation is 1. The van der Waals surface area contributed by atoms with Crippen molar-refractivity contribution in [2.45, 2.75) is 31.8 Å². The summed E-state index contributed by atoms with van der Waals surface area (Å²) in [7, 11) is 0. The second-order valence-electron chi connectivity index (χ2n) is 8.05. The molecule has 7 nitrogen and oxygen atoms in total. The standard InChI is InChI=1S/C23H23FN6O/c1-3-20(31)30-12-15-7-8-16(30)11-29(15)19-10-9-18-22(28-19)23(26-13-25-18)27-17-6-4-5-14(2)21(17)24/h3-6,9-10,13,15-16H,1,7-8,11-12H2,2H3,(H,25,26,27)/t15-,16-/m0/s1. The maximum Gasteiger partial charge on any atom is 0.246 e. The zero-order chi connectivity index (χ0) is 21.5. The Morgan fingerprint density at radius 1 is 1.19 bits per heavy atom. The molecule has 3 aromatic rings. The van der Waals surface area contributed by atoms with Gasteiger partial charge in [0.1, 0.15) is 23.5 Å². The lowest BCUT2D eigenvalue weighted by Crippen LogP contribution is -2.64. The van der Waals surface area contributed by atoms with E-state index in [-0.39, 0.29) is 23.8 Å². The minimum absolute atomic E-state index is 0.0131. The number of halogens is 1. The maximum absolute atomic E-state index is 14.5. The normalized spacial score (nSPS) is 20.2. The Balaban J connectivity index is 1.48. The number of carbonyl (C=O) groups excluding carboxylic acids is 1. The lowest BCUT2D eigenvalue weighted by Gasteiger charge is -2.51. The fourth-order valence-electron chi connectivity index (χ4n) is 4.55. The minimum atomic E-state index is -0.314. The highest BCUT2D eigenvalue weighted by Crippen LogP contribution is 2.33. The molecule has 0 saturated carbocycles. The fraction of sp³-hybridized carbons (Fsp3) is 0.304. The van der Waals surface area contributed by atoms with E-state index in [1.165, 1.54) is 12.4 Å². The molecular weight excluding hydrogens is 395 g/mol. The Hall–Kier alpha value is -3.55. The molecule has 2 aromatic heterocycles. The number of amides is 1. The van der Waals surface area contributed by atoms with Crippen LogP contribution in [0.15, 0.2) is 49.3 Å². The first-order chi connectivity index (χ1) is 15.0. The summed E-state index contributed by atoms with van der Waals surface area (Å²) in [5.41, 5.74) is 2.17. The number of piperazine rings is 1. The van der Waals surface area contributed by atoms with Gasteiger partial charge in [0, 0.05) is 25.2 Å². The van der Waals surface area contributed by atoms with Crippen LogP contribution in [0.4, 0.5) is 21.7 Å². The van der Waals surface area contributed by atoms with Crippen molar-refractivity contribution in [3.63, 3.8) is 0 Å². The molecule has 1 amide bonds. The molecule has 1 N–H and O–H groups in total. The summed E-state index contributed by atoms with van der Waals surface area (Å²) in [6.45, 7) is 6.74. The molecule has 5 heterocycles. The van der Waals surface area contributed by atoms with Crippen LogP contribution in [0.3, 0.4) is 0 Å². The molecule has 2 bridgehead atoms. The molecule has 6 rings (SSSR count). The van der Waals surface area contributed by atoms with Crippen molar-refractivity contribution in [1.29, 1.82) is 0 Å². The van der Waals surface area contributed by atoms with Crippen molar-refractivity contribution in [2.24, 2.45) is 0 Å². The number of anilines is 3. The summed E-state index contributed by atoms with van der Waals surface area (Å²) >= 11 is 0. The number of nitrogens with one attached hydrogen (secondary N) is 1. The van der Waals surface area contributed by atoms with Crippen LogP contribution in [0.2, 0.25) is 0 Å². The topological polar surface area (TPSA) is 74.2 Å². The monoisotopic (exact) mass is 418 g/mol. The van der Waals surface area contributed by atoms with Crippen LogP contribution in [0.1, 0.15) is 18.4 Å². The highest BCUT2D eigenvalue weighted by atomic mass is 19.1. The Morgan fingerprint density at radius 3 is 2.81 bits per heavy atom. The average Bonchev–Trinajstić information content (AvgIpc) is 2.81. The van der Waals surface area contributed by atoms with Crippen molar-refractivity contribution in [2.75, 3.05) is 23.3 Å². The van der Waals surface area contributed by atoms with Gasteiger partial charge in [0.15, 0.2) is 5.82 Å². The van der Waals surface area contributed by atoms with Gasteiger partial charge in [-0.3, -0.25) is 4.79 Å². The molecule has 1 aromatic carbocycles. The molecule has 8 heteroatoms. The summed E-state index contributed by atoms with van der Waals surface area (Å²) in [4.78, 5) is 29.8. The second kappa shape index (κ2) is 7.61. The van der Waals surface area contributed by atoms with E-state index in [2.05, 4.69) is 26.8 Å². The van der Waals surface area contributed by atoms with Gasteiger partial charge < -0.3 is 15.1 Å². The largest absolute Gasteiger partial charge is 0.350 e. The number of hydrogen-bond acceptors (Lipinski definition) is 6. The Bertz CT molecular complexity index is 1180. The Morgan fingerprint density at radius 2 is 2.03 bits per heavy atom. The molecule has 0 spiro atoms. The van der Waals surface area contributed by atoms with Gasteiger partial charge in [-0.1, -0.05) is 18.7 Å². The zero-order valence-electron chi connectivity index (χ0n) is 17.3. The molecule has 0 unspecified atom stereocenters. The van der Waals surface area contributed by atoms with Crippen LogP contribution in [0, 0.1) is 12.7 Å². The fourth-order valence-corrected chi connectivity index (χ4v) is 4.55. The summed E-state index contributed by atoms with van der Waals surface area (Å²) in [5, 5.41) is 3.08. The Kier molecular flexibility index (Phi) is 4.77. The van der Waals surface area contributed by atoms with Gasteiger partial charge in [-0.15, -0.1) is 0 Å². The summed E-state index contributed by atoms with van der Waals surface area (Å²) in [6.07, 6.45) is 4.83. The number of aromatic nitrogens is 3. The predicted molar refractivity (Wildman–Crippen MR) is 118 cm³/mol. The first-order valence-electron chi connectivity index (χ1n) is 10.4. The second-order valence-corrected chi connectivity index (χ2v) is 8.05. The quantitative estimate of drug-likeness (QED) is 0.653. The van der Waals surface area contributed by atoms with Crippen molar-refractivity contribution in [1.82, 2.24) is 19.9 Å². The number of fused-ring (bicyclic) bond motifs is 4. The van der Waals surface area contributed by atoms with E-state index >= 15 is 0 Å². The molecule has 3 saturated heterocycles. The molecule has 31 heavy (non-hydrogen) atoms. The number of nitrogens with zero attached hydrogens (tertiary/aromatic N) is 5. The van der Waals surface area contributed by atoms with Gasteiger partial charge in [0.25, 0.3) is 0 Å². The summed E-state index contributed by atoms with van der Waals surface area (Å²) < 4.78 is 14.5. The lowest BCUT2D eigenvalue weighted by molar-refractivity contribution is -0.131. The van der Waals surface area contributed by atoms with E-state index in [9.17, 15) is 9.18 Å².